The molecule has 2 aromatic heterocycles. The lowest BCUT2D eigenvalue weighted by atomic mass is 10.1. The third kappa shape index (κ3) is 3.65. The van der Waals surface area contributed by atoms with Crippen molar-refractivity contribution in [3.8, 4) is 11.5 Å². The second kappa shape index (κ2) is 7.59. The quantitative estimate of drug-likeness (QED) is 0.666. The van der Waals surface area contributed by atoms with Gasteiger partial charge in [0.15, 0.2) is 0 Å². The molecule has 0 unspecified atom stereocenters. The summed E-state index contributed by atoms with van der Waals surface area (Å²) in [6.45, 7) is 7.19. The summed E-state index contributed by atoms with van der Waals surface area (Å²) in [7, 11) is 0. The van der Waals surface area contributed by atoms with Crippen LogP contribution in [-0.2, 0) is 6.42 Å². The van der Waals surface area contributed by atoms with Gasteiger partial charge in [-0.1, -0.05) is 19.1 Å². The van der Waals surface area contributed by atoms with Crippen molar-refractivity contribution in [3.63, 3.8) is 0 Å². The van der Waals surface area contributed by atoms with E-state index in [0.29, 0.717) is 16.8 Å². The number of piperazine rings is 1. The third-order valence-electron chi connectivity index (χ3n) is 6.03. The van der Waals surface area contributed by atoms with Gasteiger partial charge >= 0.3 is 5.63 Å². The second-order valence-corrected chi connectivity index (χ2v) is 8.08. The van der Waals surface area contributed by atoms with Crippen molar-refractivity contribution in [1.82, 2.24) is 14.9 Å². The molecule has 1 saturated carbocycles. The maximum absolute atomic E-state index is 12.7. The number of aryl methyl sites for hydroxylation is 1. The summed E-state index contributed by atoms with van der Waals surface area (Å²) < 4.78 is 5.69. The SMILES string of the molecule is CCc1cccc2nc(-c3cccnc3N3CCN(CC4CC4)CC3)oc(=O)c12. The minimum atomic E-state index is -0.327. The molecule has 0 radical (unpaired) electrons. The first-order valence-electron chi connectivity index (χ1n) is 10.6. The smallest absolute Gasteiger partial charge is 0.347 e. The zero-order chi connectivity index (χ0) is 19.8. The van der Waals surface area contributed by atoms with Gasteiger partial charge in [0, 0.05) is 38.9 Å². The normalized spacial score (nSPS) is 17.8. The van der Waals surface area contributed by atoms with Crippen LogP contribution in [0.3, 0.4) is 0 Å². The molecule has 0 N–H and O–H groups in total. The van der Waals surface area contributed by atoms with Crippen molar-refractivity contribution in [2.45, 2.75) is 26.2 Å². The lowest BCUT2D eigenvalue weighted by Crippen LogP contribution is -2.47. The predicted octanol–water partition coefficient (Wildman–Crippen LogP) is 3.34. The van der Waals surface area contributed by atoms with Crippen LogP contribution in [0.15, 0.2) is 45.7 Å². The number of nitrogens with zero attached hydrogens (tertiary/aromatic N) is 4. The van der Waals surface area contributed by atoms with Crippen molar-refractivity contribution in [3.05, 3.63) is 52.5 Å². The number of pyridine rings is 1. The van der Waals surface area contributed by atoms with Crippen LogP contribution in [0.5, 0.6) is 0 Å². The molecule has 0 spiro atoms. The molecule has 3 aromatic rings. The molecular weight excluding hydrogens is 364 g/mol. The highest BCUT2D eigenvalue weighted by Gasteiger charge is 2.27. The van der Waals surface area contributed by atoms with Gasteiger partial charge < -0.3 is 9.32 Å². The Hall–Kier alpha value is -2.73. The van der Waals surface area contributed by atoms with Crippen LogP contribution in [0, 0.1) is 5.92 Å². The van der Waals surface area contributed by atoms with Gasteiger partial charge in [0.1, 0.15) is 5.82 Å². The fourth-order valence-corrected chi connectivity index (χ4v) is 4.22. The molecule has 3 heterocycles. The largest absolute Gasteiger partial charge is 0.403 e. The highest BCUT2D eigenvalue weighted by molar-refractivity contribution is 5.83. The average molecular weight is 390 g/mol. The standard InChI is InChI=1S/C23H26N4O2/c1-2-17-5-3-7-19-20(17)23(28)29-22(25-19)18-6-4-10-24-21(18)27-13-11-26(12-14-27)15-16-8-9-16/h3-7,10,16H,2,8-9,11-15H2,1H3. The van der Waals surface area contributed by atoms with Gasteiger partial charge in [-0.15, -0.1) is 0 Å². The van der Waals surface area contributed by atoms with E-state index in [9.17, 15) is 4.79 Å². The predicted molar refractivity (Wildman–Crippen MR) is 114 cm³/mol. The summed E-state index contributed by atoms with van der Waals surface area (Å²) in [6.07, 6.45) is 5.34. The topological polar surface area (TPSA) is 62.5 Å². The van der Waals surface area contributed by atoms with Gasteiger partial charge in [-0.05, 0) is 48.9 Å². The Bertz CT molecular complexity index is 1080. The molecule has 1 aliphatic carbocycles. The maximum Gasteiger partial charge on any atom is 0.347 e. The fourth-order valence-electron chi connectivity index (χ4n) is 4.22. The molecule has 0 bridgehead atoms. The van der Waals surface area contributed by atoms with E-state index in [4.69, 9.17) is 4.42 Å². The van der Waals surface area contributed by atoms with Gasteiger partial charge in [0.05, 0.1) is 16.5 Å². The van der Waals surface area contributed by atoms with Crippen LogP contribution in [0.2, 0.25) is 0 Å². The number of anilines is 1. The first-order chi connectivity index (χ1) is 14.2. The number of fused-ring (bicyclic) bond motifs is 1. The Morgan fingerprint density at radius 2 is 1.93 bits per heavy atom. The number of rotatable bonds is 5. The van der Waals surface area contributed by atoms with Gasteiger partial charge in [0.2, 0.25) is 5.89 Å². The maximum atomic E-state index is 12.7. The highest BCUT2D eigenvalue weighted by atomic mass is 16.4. The lowest BCUT2D eigenvalue weighted by Gasteiger charge is -2.36. The minimum absolute atomic E-state index is 0.327. The second-order valence-electron chi connectivity index (χ2n) is 8.08. The van der Waals surface area contributed by atoms with E-state index < -0.39 is 0 Å². The van der Waals surface area contributed by atoms with Crippen molar-refractivity contribution >= 4 is 16.7 Å². The Labute approximate surface area is 170 Å². The first-order valence-corrected chi connectivity index (χ1v) is 10.6. The van der Waals surface area contributed by atoms with Crippen LogP contribution >= 0.6 is 0 Å². The van der Waals surface area contributed by atoms with Gasteiger partial charge in [-0.25, -0.2) is 14.8 Å². The monoisotopic (exact) mass is 390 g/mol. The molecule has 6 nitrogen and oxygen atoms in total. The summed E-state index contributed by atoms with van der Waals surface area (Å²) in [4.78, 5) is 26.9. The summed E-state index contributed by atoms with van der Waals surface area (Å²) in [5.74, 6) is 2.11. The van der Waals surface area contributed by atoms with Crippen LogP contribution in [0.1, 0.15) is 25.3 Å². The van der Waals surface area contributed by atoms with Crippen LogP contribution in [0.25, 0.3) is 22.4 Å². The molecular formula is C23H26N4O2. The number of aromatic nitrogens is 2. The molecule has 0 atom stereocenters. The lowest BCUT2D eigenvalue weighted by molar-refractivity contribution is 0.247. The summed E-state index contributed by atoms with van der Waals surface area (Å²) in [5.41, 5.74) is 2.10. The van der Waals surface area contributed by atoms with Crippen molar-refractivity contribution in [2.24, 2.45) is 5.92 Å². The van der Waals surface area contributed by atoms with E-state index in [2.05, 4.69) is 19.8 Å². The third-order valence-corrected chi connectivity index (χ3v) is 6.03. The number of hydrogen-bond donors (Lipinski definition) is 0. The van der Waals surface area contributed by atoms with Gasteiger partial charge in [0.25, 0.3) is 0 Å². The Kier molecular flexibility index (Phi) is 4.79. The van der Waals surface area contributed by atoms with Gasteiger partial charge in [-0.3, -0.25) is 4.90 Å². The molecule has 1 aromatic carbocycles. The zero-order valence-corrected chi connectivity index (χ0v) is 16.8. The van der Waals surface area contributed by atoms with E-state index in [1.807, 2.05) is 37.3 Å². The van der Waals surface area contributed by atoms with E-state index >= 15 is 0 Å². The molecule has 2 fully saturated rings. The van der Waals surface area contributed by atoms with Gasteiger partial charge in [-0.2, -0.15) is 0 Å². The Morgan fingerprint density at radius 1 is 1.10 bits per heavy atom. The molecule has 0 amide bonds. The van der Waals surface area contributed by atoms with Crippen LogP contribution < -0.4 is 10.5 Å². The highest BCUT2D eigenvalue weighted by Crippen LogP contribution is 2.31. The molecule has 2 aliphatic rings. The van der Waals surface area contributed by atoms with Crippen LogP contribution in [-0.4, -0.2) is 47.6 Å². The molecule has 150 valence electrons. The van der Waals surface area contributed by atoms with E-state index in [1.54, 1.807) is 6.20 Å². The summed E-state index contributed by atoms with van der Waals surface area (Å²) >= 11 is 0. The summed E-state index contributed by atoms with van der Waals surface area (Å²) in [5, 5.41) is 0.581. The zero-order valence-electron chi connectivity index (χ0n) is 16.8. The minimum Gasteiger partial charge on any atom is -0.403 e. The molecule has 1 aliphatic heterocycles. The molecule has 29 heavy (non-hydrogen) atoms. The molecule has 1 saturated heterocycles. The summed E-state index contributed by atoms with van der Waals surface area (Å²) in [6, 6.07) is 9.59. The Balaban J connectivity index is 1.47. The van der Waals surface area contributed by atoms with Crippen LogP contribution in [0.4, 0.5) is 5.82 Å². The van der Waals surface area contributed by atoms with E-state index in [1.165, 1.54) is 19.4 Å². The van der Waals surface area contributed by atoms with E-state index in [0.717, 1.165) is 55.5 Å². The Morgan fingerprint density at radius 3 is 2.69 bits per heavy atom. The van der Waals surface area contributed by atoms with Crippen molar-refractivity contribution in [2.75, 3.05) is 37.6 Å². The first kappa shape index (κ1) is 18.3. The molecule has 6 heteroatoms. The van der Waals surface area contributed by atoms with E-state index in [-0.39, 0.29) is 5.63 Å². The van der Waals surface area contributed by atoms with Crippen molar-refractivity contribution < 1.29 is 4.42 Å². The fraction of sp³-hybridized carbons (Fsp3) is 0.435. The number of hydrogen-bond acceptors (Lipinski definition) is 6. The molecule has 5 rings (SSSR count). The van der Waals surface area contributed by atoms with Crippen molar-refractivity contribution in [1.29, 1.82) is 0 Å². The average Bonchev–Trinajstić information content (AvgIpc) is 3.58. The number of benzene rings is 1.